The van der Waals surface area contributed by atoms with Gasteiger partial charge in [-0.3, -0.25) is 14.4 Å². The van der Waals surface area contributed by atoms with Crippen molar-refractivity contribution >= 4 is 57.7 Å². The monoisotopic (exact) mass is 649 g/mol. The van der Waals surface area contributed by atoms with Gasteiger partial charge in [0.25, 0.3) is 11.8 Å². The maximum absolute atomic E-state index is 13.7. The van der Waals surface area contributed by atoms with E-state index in [1.807, 2.05) is 84.9 Å². The van der Waals surface area contributed by atoms with Crippen LogP contribution in [0, 0.1) is 0 Å². The van der Waals surface area contributed by atoms with Crippen LogP contribution >= 0.6 is 11.8 Å². The molecular formula is C40H31N3O4S. The number of nitrogens with one attached hydrogen (secondary N) is 3. The van der Waals surface area contributed by atoms with Gasteiger partial charge in [-0.05, 0) is 89.1 Å². The Kier molecular flexibility index (Phi) is 10.2. The fourth-order valence-corrected chi connectivity index (χ4v) is 5.67. The van der Waals surface area contributed by atoms with Crippen LogP contribution in [-0.4, -0.2) is 23.5 Å². The summed E-state index contributed by atoms with van der Waals surface area (Å²) in [5.41, 5.74) is 2.50. The van der Waals surface area contributed by atoms with Crippen molar-refractivity contribution in [2.75, 3.05) is 16.4 Å². The van der Waals surface area contributed by atoms with Crippen LogP contribution in [-0.2, 0) is 9.59 Å². The minimum atomic E-state index is -0.480. The molecule has 236 valence electrons. The number of para-hydroxylation sites is 1. The fourth-order valence-electron chi connectivity index (χ4n) is 4.91. The highest BCUT2D eigenvalue weighted by Gasteiger charge is 2.16. The highest BCUT2D eigenvalue weighted by molar-refractivity contribution is 8.00. The molecule has 0 spiro atoms. The zero-order valence-corrected chi connectivity index (χ0v) is 26.6. The number of carbonyl (C=O) groups is 3. The molecule has 6 rings (SSSR count). The minimum Gasteiger partial charge on any atom is -0.457 e. The number of amides is 3. The minimum absolute atomic E-state index is 0.0952. The van der Waals surface area contributed by atoms with E-state index in [1.54, 1.807) is 72.8 Å². The van der Waals surface area contributed by atoms with Gasteiger partial charge in [-0.1, -0.05) is 84.9 Å². The van der Waals surface area contributed by atoms with E-state index in [-0.39, 0.29) is 17.4 Å². The fraction of sp³-hybridized carbons (Fsp3) is 0.0250. The van der Waals surface area contributed by atoms with Crippen molar-refractivity contribution in [2.45, 2.75) is 4.90 Å². The number of rotatable bonds is 11. The molecule has 48 heavy (non-hydrogen) atoms. The molecule has 0 unspecified atom stereocenters. The number of thioether (sulfide) groups is 1. The molecule has 0 aromatic heterocycles. The summed E-state index contributed by atoms with van der Waals surface area (Å²) in [4.78, 5) is 40.3. The van der Waals surface area contributed by atoms with Crippen LogP contribution < -0.4 is 20.7 Å². The van der Waals surface area contributed by atoms with Gasteiger partial charge >= 0.3 is 0 Å². The highest BCUT2D eigenvalue weighted by atomic mass is 32.2. The Morgan fingerprint density at radius 2 is 1.29 bits per heavy atom. The van der Waals surface area contributed by atoms with Crippen molar-refractivity contribution in [1.29, 1.82) is 0 Å². The molecule has 3 amide bonds. The predicted octanol–water partition coefficient (Wildman–Crippen LogP) is 8.77. The van der Waals surface area contributed by atoms with Crippen LogP contribution in [0.2, 0.25) is 0 Å². The zero-order chi connectivity index (χ0) is 33.1. The molecule has 0 aliphatic heterocycles. The average Bonchev–Trinajstić information content (AvgIpc) is 3.12. The molecule has 0 radical (unpaired) electrons. The molecule has 0 heterocycles. The Labute approximate surface area is 282 Å². The Hall–Kier alpha value is -6.12. The lowest BCUT2D eigenvalue weighted by molar-refractivity contribution is -0.114. The summed E-state index contributed by atoms with van der Waals surface area (Å²) >= 11 is 1.34. The SMILES string of the molecule is O=C(CSc1cccc(NC(=O)/C(=C\c2cccc3ccccc23)NC(=O)c2ccccc2)c1)Nc1ccc(Oc2ccccc2)cc1. The average molecular weight is 650 g/mol. The van der Waals surface area contributed by atoms with Crippen LogP contribution in [0.25, 0.3) is 16.8 Å². The van der Waals surface area contributed by atoms with Crippen LogP contribution in [0.5, 0.6) is 11.5 Å². The standard InChI is InChI=1S/C40H31N3O4S/c44-38(41-31-21-23-34(24-22-31)47-33-17-5-2-6-18-33)27-48-35-19-10-16-32(26-35)42-40(46)37(43-39(45)29-12-3-1-4-13-29)25-30-15-9-14-28-11-7-8-20-36(28)30/h1-26H,27H2,(H,41,44)(H,42,46)(H,43,45)/b37-25+. The number of carbonyl (C=O) groups excluding carboxylic acids is 3. The number of benzene rings is 6. The van der Waals surface area contributed by atoms with E-state index in [2.05, 4.69) is 16.0 Å². The normalized spacial score (nSPS) is 11.0. The van der Waals surface area contributed by atoms with E-state index in [9.17, 15) is 14.4 Å². The zero-order valence-electron chi connectivity index (χ0n) is 25.8. The topological polar surface area (TPSA) is 96.5 Å². The van der Waals surface area contributed by atoms with Crippen molar-refractivity contribution in [2.24, 2.45) is 0 Å². The van der Waals surface area contributed by atoms with Crippen molar-refractivity contribution in [3.63, 3.8) is 0 Å². The van der Waals surface area contributed by atoms with Gasteiger partial charge in [-0.2, -0.15) is 0 Å². The Balaban J connectivity index is 1.11. The lowest BCUT2D eigenvalue weighted by Gasteiger charge is -2.13. The summed E-state index contributed by atoms with van der Waals surface area (Å²) in [6.07, 6.45) is 1.68. The van der Waals surface area contributed by atoms with Gasteiger partial charge in [0.2, 0.25) is 5.91 Å². The lowest BCUT2D eigenvalue weighted by Crippen LogP contribution is -2.30. The predicted molar refractivity (Wildman–Crippen MR) is 193 cm³/mol. The van der Waals surface area contributed by atoms with Crippen LogP contribution in [0.1, 0.15) is 15.9 Å². The van der Waals surface area contributed by atoms with Crippen molar-refractivity contribution in [3.05, 3.63) is 168 Å². The summed E-state index contributed by atoms with van der Waals surface area (Å²) < 4.78 is 5.81. The number of anilines is 2. The maximum atomic E-state index is 13.7. The van der Waals surface area contributed by atoms with Gasteiger partial charge < -0.3 is 20.7 Å². The van der Waals surface area contributed by atoms with Crippen molar-refractivity contribution in [1.82, 2.24) is 5.32 Å². The van der Waals surface area contributed by atoms with Gasteiger partial charge in [-0.15, -0.1) is 11.8 Å². The molecule has 0 saturated heterocycles. The van der Waals surface area contributed by atoms with E-state index >= 15 is 0 Å². The molecule has 0 fully saturated rings. The second kappa shape index (κ2) is 15.4. The Bertz CT molecular complexity index is 2080. The van der Waals surface area contributed by atoms with E-state index in [0.717, 1.165) is 27.0 Å². The molecule has 0 aliphatic carbocycles. The first-order valence-electron chi connectivity index (χ1n) is 15.2. The maximum Gasteiger partial charge on any atom is 0.272 e. The van der Waals surface area contributed by atoms with E-state index < -0.39 is 11.8 Å². The molecule has 0 aliphatic rings. The van der Waals surface area contributed by atoms with Gasteiger partial charge in [0.15, 0.2) is 0 Å². The molecule has 6 aromatic rings. The molecule has 6 aromatic carbocycles. The van der Waals surface area contributed by atoms with Gasteiger partial charge in [0.1, 0.15) is 17.2 Å². The second-order valence-corrected chi connectivity index (χ2v) is 11.8. The first-order valence-corrected chi connectivity index (χ1v) is 16.2. The molecule has 0 saturated carbocycles. The molecule has 3 N–H and O–H groups in total. The summed E-state index contributed by atoms with van der Waals surface area (Å²) in [6.45, 7) is 0. The van der Waals surface area contributed by atoms with E-state index in [0.29, 0.717) is 22.7 Å². The number of hydrogen-bond acceptors (Lipinski definition) is 5. The Morgan fingerprint density at radius 3 is 2.08 bits per heavy atom. The van der Waals surface area contributed by atoms with Crippen LogP contribution in [0.3, 0.4) is 0 Å². The smallest absolute Gasteiger partial charge is 0.272 e. The van der Waals surface area contributed by atoms with E-state index in [4.69, 9.17) is 4.74 Å². The quantitative estimate of drug-likeness (QED) is 0.0963. The number of hydrogen-bond donors (Lipinski definition) is 3. The van der Waals surface area contributed by atoms with Gasteiger partial charge in [-0.25, -0.2) is 0 Å². The summed E-state index contributed by atoms with van der Waals surface area (Å²) in [5.74, 6) is 0.520. The number of fused-ring (bicyclic) bond motifs is 1. The summed E-state index contributed by atoms with van der Waals surface area (Å²) in [6, 6.07) is 46.3. The summed E-state index contributed by atoms with van der Waals surface area (Å²) in [5, 5.41) is 10.6. The third kappa shape index (κ3) is 8.57. The van der Waals surface area contributed by atoms with Crippen molar-refractivity contribution in [3.8, 4) is 11.5 Å². The Morgan fingerprint density at radius 1 is 0.625 bits per heavy atom. The molecule has 8 heteroatoms. The lowest BCUT2D eigenvalue weighted by atomic mass is 10.0. The third-order valence-electron chi connectivity index (χ3n) is 7.23. The molecule has 0 bridgehead atoms. The first kappa shape index (κ1) is 31.8. The van der Waals surface area contributed by atoms with Gasteiger partial charge in [0, 0.05) is 21.8 Å². The number of ether oxygens (including phenoxy) is 1. The van der Waals surface area contributed by atoms with Crippen molar-refractivity contribution < 1.29 is 19.1 Å². The second-order valence-electron chi connectivity index (χ2n) is 10.7. The third-order valence-corrected chi connectivity index (χ3v) is 8.22. The highest BCUT2D eigenvalue weighted by Crippen LogP contribution is 2.25. The largest absolute Gasteiger partial charge is 0.457 e. The van der Waals surface area contributed by atoms with Gasteiger partial charge in [0.05, 0.1) is 5.75 Å². The molecule has 7 nitrogen and oxygen atoms in total. The first-order chi connectivity index (χ1) is 23.5. The molecular weight excluding hydrogens is 619 g/mol. The van der Waals surface area contributed by atoms with Crippen LogP contribution in [0.4, 0.5) is 11.4 Å². The van der Waals surface area contributed by atoms with Crippen LogP contribution in [0.15, 0.2) is 162 Å². The molecule has 0 atom stereocenters. The van der Waals surface area contributed by atoms with E-state index in [1.165, 1.54) is 11.8 Å². The summed E-state index contributed by atoms with van der Waals surface area (Å²) in [7, 11) is 0.